The van der Waals surface area contributed by atoms with Crippen molar-refractivity contribution in [3.05, 3.63) is 34.6 Å². The van der Waals surface area contributed by atoms with Gasteiger partial charge in [-0.15, -0.1) is 0 Å². The van der Waals surface area contributed by atoms with Gasteiger partial charge in [0.1, 0.15) is 11.9 Å². The number of carboxylic acid groups (broad SMARTS) is 1. The Morgan fingerprint density at radius 2 is 2.11 bits per heavy atom. The molecule has 1 rings (SSSR count). The van der Waals surface area contributed by atoms with E-state index in [1.54, 1.807) is 0 Å². The Kier molecular flexibility index (Phi) is 5.06. The molecule has 0 radical (unpaired) electrons. The Morgan fingerprint density at radius 3 is 2.61 bits per heavy atom. The molecule has 5 nitrogen and oxygen atoms in total. The fourth-order valence-corrected chi connectivity index (χ4v) is 1.38. The zero-order valence-electron chi connectivity index (χ0n) is 9.19. The van der Waals surface area contributed by atoms with Crippen LogP contribution in [0.3, 0.4) is 0 Å². The number of hydrogen-bond acceptors (Lipinski definition) is 3. The molecule has 1 amide bonds. The van der Waals surface area contributed by atoms with Crippen LogP contribution in [0.5, 0.6) is 0 Å². The number of aliphatic hydroxyl groups is 1. The van der Waals surface area contributed by atoms with Crippen LogP contribution in [0, 0.1) is 5.82 Å². The van der Waals surface area contributed by atoms with Crippen molar-refractivity contribution in [3.8, 4) is 0 Å². The van der Waals surface area contributed by atoms with E-state index in [0.717, 1.165) is 6.07 Å². The van der Waals surface area contributed by atoms with Gasteiger partial charge in [0.2, 0.25) is 0 Å². The molecular weight excluding hydrogens is 265 g/mol. The Bertz CT molecular complexity index is 466. The standard InChI is InChI=1S/C11H11ClFNO4/c12-7-2-1-6(5-8(7)13)10(16)14-9(3-4-15)11(17)18/h1-2,5,9,15H,3-4H2,(H,14,16)(H,17,18)/t9-/m1/s1. The number of amides is 1. The number of carbonyl (C=O) groups is 2. The van der Waals surface area contributed by atoms with Gasteiger partial charge in [-0.25, -0.2) is 9.18 Å². The van der Waals surface area contributed by atoms with Crippen LogP contribution in [0.1, 0.15) is 16.8 Å². The van der Waals surface area contributed by atoms with Gasteiger partial charge >= 0.3 is 5.97 Å². The molecule has 0 aliphatic heterocycles. The molecule has 1 aromatic carbocycles. The number of benzene rings is 1. The molecular formula is C11H11ClFNO4. The van der Waals surface area contributed by atoms with Crippen molar-refractivity contribution < 1.29 is 24.2 Å². The maximum atomic E-state index is 13.1. The molecule has 18 heavy (non-hydrogen) atoms. The minimum Gasteiger partial charge on any atom is -0.480 e. The molecule has 0 aliphatic carbocycles. The Labute approximate surface area is 107 Å². The second kappa shape index (κ2) is 6.32. The number of rotatable bonds is 5. The second-order valence-electron chi connectivity index (χ2n) is 3.51. The highest BCUT2D eigenvalue weighted by molar-refractivity contribution is 6.30. The zero-order chi connectivity index (χ0) is 13.7. The molecule has 7 heteroatoms. The highest BCUT2D eigenvalue weighted by atomic mass is 35.5. The number of carbonyl (C=O) groups excluding carboxylic acids is 1. The molecule has 0 saturated carbocycles. The summed E-state index contributed by atoms with van der Waals surface area (Å²) < 4.78 is 13.1. The molecule has 0 spiro atoms. The third-order valence-corrected chi connectivity index (χ3v) is 2.51. The van der Waals surface area contributed by atoms with Crippen LogP contribution in [0.15, 0.2) is 18.2 Å². The van der Waals surface area contributed by atoms with E-state index in [0.29, 0.717) is 0 Å². The number of aliphatic hydroxyl groups excluding tert-OH is 1. The minimum atomic E-state index is -1.27. The van der Waals surface area contributed by atoms with Crippen molar-refractivity contribution in [1.82, 2.24) is 5.32 Å². The van der Waals surface area contributed by atoms with Crippen LogP contribution < -0.4 is 5.32 Å². The van der Waals surface area contributed by atoms with Crippen molar-refractivity contribution in [2.45, 2.75) is 12.5 Å². The first-order valence-electron chi connectivity index (χ1n) is 5.05. The van der Waals surface area contributed by atoms with E-state index >= 15 is 0 Å². The van der Waals surface area contributed by atoms with Crippen molar-refractivity contribution in [2.24, 2.45) is 0 Å². The predicted molar refractivity (Wildman–Crippen MR) is 62.0 cm³/mol. The quantitative estimate of drug-likeness (QED) is 0.749. The average Bonchev–Trinajstić information content (AvgIpc) is 2.31. The summed E-state index contributed by atoms with van der Waals surface area (Å²) in [5, 5.41) is 19.5. The number of aliphatic carboxylic acids is 1. The van der Waals surface area contributed by atoms with Crippen LogP contribution in [0.4, 0.5) is 4.39 Å². The van der Waals surface area contributed by atoms with Crippen LogP contribution >= 0.6 is 11.6 Å². The number of carboxylic acids is 1. The number of halogens is 2. The van der Waals surface area contributed by atoms with Gasteiger partial charge < -0.3 is 15.5 Å². The SMILES string of the molecule is O=C(N[C@H](CCO)C(=O)O)c1ccc(Cl)c(F)c1. The summed E-state index contributed by atoms with van der Waals surface area (Å²) in [4.78, 5) is 22.4. The second-order valence-corrected chi connectivity index (χ2v) is 3.91. The van der Waals surface area contributed by atoms with Gasteiger partial charge in [-0.2, -0.15) is 0 Å². The molecule has 0 saturated heterocycles. The molecule has 0 bridgehead atoms. The number of hydrogen-bond donors (Lipinski definition) is 3. The summed E-state index contributed by atoms with van der Waals surface area (Å²) in [6.45, 7) is -0.383. The lowest BCUT2D eigenvalue weighted by Gasteiger charge is -2.13. The van der Waals surface area contributed by atoms with Gasteiger partial charge in [0.05, 0.1) is 5.02 Å². The lowest BCUT2D eigenvalue weighted by atomic mass is 10.1. The summed E-state index contributed by atoms with van der Waals surface area (Å²) in [6, 6.07) is 2.17. The normalized spacial score (nSPS) is 11.9. The van der Waals surface area contributed by atoms with Gasteiger partial charge in [0.25, 0.3) is 5.91 Å². The van der Waals surface area contributed by atoms with Gasteiger partial charge in [0.15, 0.2) is 0 Å². The third kappa shape index (κ3) is 3.68. The van der Waals surface area contributed by atoms with Crippen LogP contribution in [-0.2, 0) is 4.79 Å². The van der Waals surface area contributed by atoms with E-state index in [4.69, 9.17) is 21.8 Å². The van der Waals surface area contributed by atoms with Crippen LogP contribution in [-0.4, -0.2) is 34.7 Å². The van der Waals surface area contributed by atoms with E-state index in [9.17, 15) is 14.0 Å². The first-order chi connectivity index (χ1) is 8.45. The Hall–Kier alpha value is -1.66. The predicted octanol–water partition coefficient (Wildman–Crippen LogP) is 1.04. The van der Waals surface area contributed by atoms with Gasteiger partial charge in [-0.3, -0.25) is 4.79 Å². The maximum Gasteiger partial charge on any atom is 0.326 e. The summed E-state index contributed by atoms with van der Waals surface area (Å²) in [5.74, 6) is -2.78. The van der Waals surface area contributed by atoms with Crippen molar-refractivity contribution in [1.29, 1.82) is 0 Å². The monoisotopic (exact) mass is 275 g/mol. The molecule has 98 valence electrons. The van der Waals surface area contributed by atoms with Gasteiger partial charge in [0, 0.05) is 18.6 Å². The summed E-state index contributed by atoms with van der Waals surface area (Å²) in [5.41, 5.74) is -0.0407. The lowest BCUT2D eigenvalue weighted by molar-refractivity contribution is -0.139. The summed E-state index contributed by atoms with van der Waals surface area (Å²) in [7, 11) is 0. The average molecular weight is 276 g/mol. The van der Waals surface area contributed by atoms with E-state index in [-0.39, 0.29) is 23.6 Å². The first kappa shape index (κ1) is 14.4. The minimum absolute atomic E-state index is 0.0407. The number of nitrogens with one attached hydrogen (secondary N) is 1. The molecule has 0 fully saturated rings. The van der Waals surface area contributed by atoms with Crippen molar-refractivity contribution >= 4 is 23.5 Å². The van der Waals surface area contributed by atoms with E-state index in [2.05, 4.69) is 5.32 Å². The third-order valence-electron chi connectivity index (χ3n) is 2.20. The van der Waals surface area contributed by atoms with Gasteiger partial charge in [-0.1, -0.05) is 11.6 Å². The smallest absolute Gasteiger partial charge is 0.326 e. The van der Waals surface area contributed by atoms with E-state index in [1.807, 2.05) is 0 Å². The van der Waals surface area contributed by atoms with Crippen LogP contribution in [0.25, 0.3) is 0 Å². The Balaban J connectivity index is 2.80. The van der Waals surface area contributed by atoms with Crippen molar-refractivity contribution in [2.75, 3.05) is 6.61 Å². The molecule has 0 aromatic heterocycles. The molecule has 0 unspecified atom stereocenters. The largest absolute Gasteiger partial charge is 0.480 e. The molecule has 3 N–H and O–H groups in total. The fraction of sp³-hybridized carbons (Fsp3) is 0.273. The lowest BCUT2D eigenvalue weighted by Crippen LogP contribution is -2.41. The molecule has 0 aliphatic rings. The summed E-state index contributed by atoms with van der Waals surface area (Å²) >= 11 is 5.46. The van der Waals surface area contributed by atoms with Crippen LogP contribution in [0.2, 0.25) is 5.02 Å². The molecule has 1 atom stereocenters. The maximum absolute atomic E-state index is 13.1. The molecule has 0 heterocycles. The highest BCUT2D eigenvalue weighted by Crippen LogP contribution is 2.15. The first-order valence-corrected chi connectivity index (χ1v) is 5.43. The molecule has 1 aromatic rings. The topological polar surface area (TPSA) is 86.6 Å². The highest BCUT2D eigenvalue weighted by Gasteiger charge is 2.20. The van der Waals surface area contributed by atoms with Crippen molar-refractivity contribution in [3.63, 3.8) is 0 Å². The Morgan fingerprint density at radius 1 is 1.44 bits per heavy atom. The zero-order valence-corrected chi connectivity index (χ0v) is 9.95. The fourth-order valence-electron chi connectivity index (χ4n) is 1.27. The summed E-state index contributed by atoms with van der Waals surface area (Å²) in [6.07, 6.45) is -0.128. The van der Waals surface area contributed by atoms with E-state index < -0.39 is 23.7 Å². The van der Waals surface area contributed by atoms with E-state index in [1.165, 1.54) is 12.1 Å². The van der Waals surface area contributed by atoms with Gasteiger partial charge in [-0.05, 0) is 18.2 Å².